The van der Waals surface area contributed by atoms with Crippen molar-refractivity contribution in [2.75, 3.05) is 11.5 Å². The van der Waals surface area contributed by atoms with Crippen LogP contribution in [-0.2, 0) is 9.84 Å². The summed E-state index contributed by atoms with van der Waals surface area (Å²) >= 11 is 21.1. The first-order valence-electron chi connectivity index (χ1n) is 10.4. The van der Waals surface area contributed by atoms with E-state index in [0.717, 1.165) is 6.92 Å². The fourth-order valence-corrected chi connectivity index (χ4v) is 6.04. The molecule has 0 heterocycles. The van der Waals surface area contributed by atoms with Crippen molar-refractivity contribution in [1.29, 1.82) is 0 Å². The Balaban J connectivity index is 2.21. The molecule has 2 rings (SSSR count). The molecule has 2 aromatic rings. The molecular weight excluding hydrogens is 652 g/mol. The van der Waals surface area contributed by atoms with Gasteiger partial charge in [0.05, 0.1) is 32.3 Å². The van der Waals surface area contributed by atoms with Gasteiger partial charge in [0.25, 0.3) is 11.8 Å². The number of carbonyl (C=O) groups excluding carboxylic acids is 1. The maximum atomic E-state index is 14.4. The summed E-state index contributed by atoms with van der Waals surface area (Å²) < 4.78 is 89.6. The van der Waals surface area contributed by atoms with Crippen LogP contribution in [0.4, 0.5) is 22.0 Å². The molecule has 2 unspecified atom stereocenters. The summed E-state index contributed by atoms with van der Waals surface area (Å²) in [6.45, 7) is 2.00. The van der Waals surface area contributed by atoms with E-state index >= 15 is 0 Å². The van der Waals surface area contributed by atoms with E-state index in [9.17, 15) is 35.2 Å². The molecule has 0 saturated heterocycles. The molecule has 0 aromatic heterocycles. The van der Waals surface area contributed by atoms with E-state index in [0.29, 0.717) is 5.56 Å². The lowest BCUT2D eigenvalue weighted by molar-refractivity contribution is -0.106. The minimum atomic E-state index is -4.89. The average molecular weight is 672 g/mol. The lowest BCUT2D eigenvalue weighted by Gasteiger charge is -2.22. The Morgan fingerprint density at radius 1 is 1.08 bits per heavy atom. The van der Waals surface area contributed by atoms with Gasteiger partial charge in [0.15, 0.2) is 9.84 Å². The van der Waals surface area contributed by atoms with E-state index in [4.69, 9.17) is 34.8 Å². The summed E-state index contributed by atoms with van der Waals surface area (Å²) in [4.78, 5) is 12.5. The molecule has 1 N–H and O–H groups in total. The molecule has 2 aromatic carbocycles. The number of nitrogens with one attached hydrogen (secondary N) is 1. The molecule has 4 nitrogen and oxygen atoms in total. The highest BCUT2D eigenvalue weighted by Crippen LogP contribution is 2.40. The minimum absolute atomic E-state index is 0.0189. The molecule has 1 amide bonds. The Hall–Kier alpha value is -1.40. The zero-order valence-corrected chi connectivity index (χ0v) is 23.8. The van der Waals surface area contributed by atoms with Crippen LogP contribution in [-0.4, -0.2) is 44.0 Å². The molecule has 0 aliphatic carbocycles. The molecule has 204 valence electrons. The Kier molecular flexibility index (Phi) is 10.5. The smallest absolute Gasteiger partial charge is 0.349 e. The van der Waals surface area contributed by atoms with Crippen molar-refractivity contribution in [2.45, 2.75) is 37.9 Å². The predicted molar refractivity (Wildman–Crippen MR) is 140 cm³/mol. The zero-order chi connectivity index (χ0) is 28.3. The van der Waals surface area contributed by atoms with Gasteiger partial charge >= 0.3 is 6.18 Å². The highest BCUT2D eigenvalue weighted by Gasteiger charge is 2.36. The van der Waals surface area contributed by atoms with Gasteiger partial charge in [-0.15, -0.1) is 0 Å². The van der Waals surface area contributed by atoms with Crippen LogP contribution in [0.5, 0.6) is 0 Å². The van der Waals surface area contributed by atoms with Crippen molar-refractivity contribution in [1.82, 2.24) is 5.32 Å². The van der Waals surface area contributed by atoms with Gasteiger partial charge in [-0.05, 0) is 58.2 Å². The van der Waals surface area contributed by atoms with E-state index in [1.165, 1.54) is 49.4 Å². The lowest BCUT2D eigenvalue weighted by atomic mass is 9.92. The topological polar surface area (TPSA) is 63.2 Å². The second-order valence-electron chi connectivity index (χ2n) is 8.38. The highest BCUT2D eigenvalue weighted by atomic mass is 79.9. The van der Waals surface area contributed by atoms with Gasteiger partial charge in [-0.2, -0.15) is 13.2 Å². The fraction of sp³-hybridized carbons (Fsp3) is 0.348. The Labute approximate surface area is 234 Å². The standard InChI is InChI=1S/C23H20BrCl3F5NO3S/c1-12(10-37(35,36)11-23(30,31)32)33-21(34)15-5-3-13(7-17(15)24)4-6-16(22(2,28)29)14-8-18(25)20(27)19(26)9-14/h3-9,12,16H,10-11H2,1-2H3,(H,33,34)/b6-4+. The van der Waals surface area contributed by atoms with Gasteiger partial charge < -0.3 is 5.32 Å². The molecule has 0 saturated carbocycles. The fourth-order valence-electron chi connectivity index (χ4n) is 3.39. The number of amides is 1. The molecule has 0 radical (unpaired) electrons. The number of rotatable bonds is 9. The molecule has 0 fully saturated rings. The zero-order valence-electron chi connectivity index (χ0n) is 19.1. The number of sulfone groups is 1. The van der Waals surface area contributed by atoms with E-state index in [-0.39, 0.29) is 30.7 Å². The molecule has 0 spiro atoms. The summed E-state index contributed by atoms with van der Waals surface area (Å²) in [5, 5.41) is 2.42. The van der Waals surface area contributed by atoms with Gasteiger partial charge in [-0.1, -0.05) is 53.0 Å². The van der Waals surface area contributed by atoms with Gasteiger partial charge in [0.2, 0.25) is 0 Å². The molecule has 0 aliphatic rings. The van der Waals surface area contributed by atoms with Gasteiger partial charge in [0.1, 0.15) is 5.75 Å². The maximum Gasteiger partial charge on any atom is 0.402 e. The second kappa shape index (κ2) is 12.2. The number of halogens is 9. The van der Waals surface area contributed by atoms with Crippen molar-refractivity contribution in [3.8, 4) is 0 Å². The van der Waals surface area contributed by atoms with Gasteiger partial charge in [-0.3, -0.25) is 4.79 Å². The quantitative estimate of drug-likeness (QED) is 0.218. The predicted octanol–water partition coefficient (Wildman–Crippen LogP) is 7.96. The molecule has 14 heteroatoms. The van der Waals surface area contributed by atoms with Crippen molar-refractivity contribution in [3.05, 3.63) is 72.6 Å². The van der Waals surface area contributed by atoms with E-state index in [1.54, 1.807) is 0 Å². The lowest BCUT2D eigenvalue weighted by Crippen LogP contribution is -2.39. The number of carbonyl (C=O) groups is 1. The largest absolute Gasteiger partial charge is 0.402 e. The number of hydrogen-bond acceptors (Lipinski definition) is 3. The Bertz CT molecular complexity index is 1270. The second-order valence-corrected chi connectivity index (χ2v) is 12.5. The third kappa shape index (κ3) is 9.69. The average Bonchev–Trinajstić information content (AvgIpc) is 2.68. The van der Waals surface area contributed by atoms with Crippen LogP contribution in [0.2, 0.25) is 15.1 Å². The minimum Gasteiger partial charge on any atom is -0.349 e. The van der Waals surface area contributed by atoms with Crippen molar-refractivity contribution in [2.24, 2.45) is 0 Å². The van der Waals surface area contributed by atoms with E-state index in [2.05, 4.69) is 21.2 Å². The number of allylic oxidation sites excluding steroid dienone is 1. The SMILES string of the molecule is CC(CS(=O)(=O)CC(F)(F)F)NC(=O)c1ccc(/C=C/C(c2cc(Cl)c(Cl)c(Cl)c2)C(C)(F)F)cc1Br. The summed E-state index contributed by atoms with van der Waals surface area (Å²) in [5.74, 6) is -8.24. The Morgan fingerprint density at radius 3 is 2.14 bits per heavy atom. The first-order valence-corrected chi connectivity index (χ1v) is 14.1. The number of alkyl halides is 5. The normalized spacial score (nSPS) is 14.6. The van der Waals surface area contributed by atoms with Crippen molar-refractivity contribution >= 4 is 72.6 Å². The summed E-state index contributed by atoms with van der Waals surface area (Å²) in [7, 11) is -4.49. The maximum absolute atomic E-state index is 14.4. The number of benzene rings is 2. The summed E-state index contributed by atoms with van der Waals surface area (Å²) in [6, 6.07) is 5.75. The number of hydrogen-bond donors (Lipinski definition) is 1. The third-order valence-electron chi connectivity index (χ3n) is 4.90. The summed E-state index contributed by atoms with van der Waals surface area (Å²) in [6.07, 6.45) is -2.25. The first-order chi connectivity index (χ1) is 16.8. The van der Waals surface area contributed by atoms with Crippen LogP contribution < -0.4 is 5.32 Å². The van der Waals surface area contributed by atoms with Crippen LogP contribution in [0.25, 0.3) is 6.08 Å². The van der Waals surface area contributed by atoms with E-state index in [1.807, 2.05) is 0 Å². The molecule has 0 aliphatic heterocycles. The Morgan fingerprint density at radius 2 is 1.65 bits per heavy atom. The highest BCUT2D eigenvalue weighted by molar-refractivity contribution is 9.10. The van der Waals surface area contributed by atoms with Gasteiger partial charge in [-0.25, -0.2) is 17.2 Å². The van der Waals surface area contributed by atoms with Crippen molar-refractivity contribution < 1.29 is 35.2 Å². The van der Waals surface area contributed by atoms with Gasteiger partial charge in [0, 0.05) is 17.4 Å². The summed E-state index contributed by atoms with van der Waals surface area (Å²) in [5.41, 5.74) is 0.628. The van der Waals surface area contributed by atoms with Crippen LogP contribution in [0.15, 0.2) is 40.9 Å². The van der Waals surface area contributed by atoms with Crippen molar-refractivity contribution in [3.63, 3.8) is 0 Å². The van der Waals surface area contributed by atoms with Crippen LogP contribution in [0.3, 0.4) is 0 Å². The van der Waals surface area contributed by atoms with E-state index < -0.39 is 51.3 Å². The molecule has 0 bridgehead atoms. The van der Waals surface area contributed by atoms with Crippen LogP contribution in [0.1, 0.15) is 41.3 Å². The van der Waals surface area contributed by atoms with Crippen LogP contribution >= 0.6 is 50.7 Å². The monoisotopic (exact) mass is 669 g/mol. The third-order valence-corrected chi connectivity index (χ3v) is 8.52. The van der Waals surface area contributed by atoms with Crippen LogP contribution in [0, 0.1) is 0 Å². The molecule has 2 atom stereocenters. The molecule has 37 heavy (non-hydrogen) atoms. The molecular formula is C23H20BrCl3F5NO3S. The first kappa shape index (κ1) is 31.8.